The average molecular weight is 145 g/mol. The monoisotopic (exact) mass is 145 g/mol. The van der Waals surface area contributed by atoms with Gasteiger partial charge in [0.05, 0.1) is 6.61 Å². The van der Waals surface area contributed by atoms with Gasteiger partial charge in [-0.3, -0.25) is 4.67 Å². The van der Waals surface area contributed by atoms with Crippen LogP contribution >= 0.6 is 9.39 Å². The number of aliphatic hydroxyl groups is 1. The molecule has 1 heterocycles. The Kier molecular flexibility index (Phi) is 2.65. The van der Waals surface area contributed by atoms with E-state index in [0.717, 1.165) is 25.1 Å². The summed E-state index contributed by atoms with van der Waals surface area (Å²) in [6.45, 7) is 2.21. The van der Waals surface area contributed by atoms with Crippen LogP contribution in [0.4, 0.5) is 0 Å². The zero-order valence-electron chi connectivity index (χ0n) is 5.38. The van der Waals surface area contributed by atoms with Gasteiger partial charge in [-0.25, -0.2) is 0 Å². The Bertz CT molecular complexity index is 124. The summed E-state index contributed by atoms with van der Waals surface area (Å²) in [7, 11) is 2.64. The van der Waals surface area contributed by atoms with Crippen LogP contribution in [0, 0.1) is 0 Å². The van der Waals surface area contributed by atoms with E-state index in [1.54, 1.807) is 0 Å². The number of nitrogens with zero attached hydrogens (tertiary/aromatic N) is 1. The van der Waals surface area contributed by atoms with Gasteiger partial charge in [0.2, 0.25) is 0 Å². The second-order valence-corrected chi connectivity index (χ2v) is 3.01. The normalized spacial score (nSPS) is 21.8. The van der Waals surface area contributed by atoms with Gasteiger partial charge in [-0.15, -0.1) is 0 Å². The van der Waals surface area contributed by atoms with Crippen LogP contribution < -0.4 is 0 Å². The molecule has 0 bridgehead atoms. The van der Waals surface area contributed by atoms with E-state index < -0.39 is 0 Å². The van der Waals surface area contributed by atoms with E-state index in [1.165, 1.54) is 0 Å². The Morgan fingerprint density at radius 3 is 3.00 bits per heavy atom. The van der Waals surface area contributed by atoms with Crippen molar-refractivity contribution in [1.29, 1.82) is 0 Å². The summed E-state index contributed by atoms with van der Waals surface area (Å²) in [6, 6.07) is 0. The van der Waals surface area contributed by atoms with Gasteiger partial charge in [-0.2, -0.15) is 0 Å². The van der Waals surface area contributed by atoms with E-state index in [4.69, 9.17) is 5.11 Å². The molecule has 0 saturated heterocycles. The topological polar surface area (TPSA) is 23.5 Å². The van der Waals surface area contributed by atoms with Gasteiger partial charge in [0.15, 0.2) is 0 Å². The molecule has 52 valence electrons. The van der Waals surface area contributed by atoms with Crippen molar-refractivity contribution in [2.24, 2.45) is 0 Å². The fourth-order valence-corrected chi connectivity index (χ4v) is 1.34. The molecule has 3 heteroatoms. The van der Waals surface area contributed by atoms with Crippen molar-refractivity contribution in [2.75, 3.05) is 19.7 Å². The maximum atomic E-state index is 8.70. The highest BCUT2D eigenvalue weighted by Gasteiger charge is 2.05. The summed E-state index contributed by atoms with van der Waals surface area (Å²) < 4.78 is 2.13. The number of hydrogen-bond donors (Lipinski definition) is 1. The third kappa shape index (κ3) is 2.05. The molecule has 1 unspecified atom stereocenters. The first-order valence-electron chi connectivity index (χ1n) is 3.11. The molecule has 1 aliphatic rings. The van der Waals surface area contributed by atoms with Crippen LogP contribution in [0.15, 0.2) is 11.6 Å². The highest BCUT2D eigenvalue weighted by Crippen LogP contribution is 2.11. The molecule has 0 saturated carbocycles. The average Bonchev–Trinajstić information content (AvgIpc) is 1.88. The van der Waals surface area contributed by atoms with E-state index in [0.29, 0.717) is 0 Å². The molecule has 0 aromatic carbocycles. The van der Waals surface area contributed by atoms with Crippen molar-refractivity contribution in [1.82, 2.24) is 4.67 Å². The minimum Gasteiger partial charge on any atom is -0.392 e. The smallest absolute Gasteiger partial charge is 0.0654 e. The Hall–Kier alpha value is 0.0900. The molecule has 0 fully saturated rings. The molecular formula is C6H12NOP. The first-order chi connectivity index (χ1) is 4.33. The van der Waals surface area contributed by atoms with Crippen LogP contribution in [-0.4, -0.2) is 29.5 Å². The van der Waals surface area contributed by atoms with Crippen molar-refractivity contribution in [3.8, 4) is 0 Å². The van der Waals surface area contributed by atoms with Crippen molar-refractivity contribution in [2.45, 2.75) is 6.42 Å². The van der Waals surface area contributed by atoms with Crippen LogP contribution in [0.3, 0.4) is 0 Å². The van der Waals surface area contributed by atoms with Gasteiger partial charge >= 0.3 is 0 Å². The predicted molar refractivity (Wildman–Crippen MR) is 41.1 cm³/mol. The predicted octanol–water partition coefficient (Wildman–Crippen LogP) is 0.401. The quantitative estimate of drug-likeness (QED) is 0.426. The number of aliphatic hydroxyl groups excluding tert-OH is 1. The van der Waals surface area contributed by atoms with Gasteiger partial charge in [0.25, 0.3) is 0 Å². The maximum Gasteiger partial charge on any atom is 0.0654 e. The summed E-state index contributed by atoms with van der Waals surface area (Å²) in [6.07, 6.45) is 3.18. The first-order valence-corrected chi connectivity index (χ1v) is 3.63. The molecule has 0 spiro atoms. The lowest BCUT2D eigenvalue weighted by Crippen LogP contribution is -2.21. The minimum absolute atomic E-state index is 0.213. The standard InChI is InChI=1S/C6H12NOP/c8-5-6-2-1-3-7(9)4-6/h2,8H,1,3-5,9H2. The van der Waals surface area contributed by atoms with Crippen LogP contribution in [-0.2, 0) is 0 Å². The number of rotatable bonds is 1. The Labute approximate surface area is 57.8 Å². The zero-order valence-corrected chi connectivity index (χ0v) is 6.53. The van der Waals surface area contributed by atoms with Crippen molar-refractivity contribution in [3.05, 3.63) is 11.6 Å². The molecule has 0 radical (unpaired) electrons. The van der Waals surface area contributed by atoms with Gasteiger partial charge in [-0.05, 0) is 12.0 Å². The fraction of sp³-hybridized carbons (Fsp3) is 0.667. The lowest BCUT2D eigenvalue weighted by Gasteiger charge is -2.20. The molecule has 0 aliphatic carbocycles. The van der Waals surface area contributed by atoms with Crippen molar-refractivity contribution in [3.63, 3.8) is 0 Å². The van der Waals surface area contributed by atoms with E-state index in [2.05, 4.69) is 20.1 Å². The highest BCUT2D eigenvalue weighted by molar-refractivity contribution is 7.13. The van der Waals surface area contributed by atoms with Crippen LogP contribution in [0.2, 0.25) is 0 Å². The second kappa shape index (κ2) is 3.31. The molecule has 0 amide bonds. The number of hydrogen-bond acceptors (Lipinski definition) is 2. The van der Waals surface area contributed by atoms with Crippen molar-refractivity contribution < 1.29 is 5.11 Å². The summed E-state index contributed by atoms with van der Waals surface area (Å²) in [4.78, 5) is 0. The van der Waals surface area contributed by atoms with Crippen LogP contribution in [0.1, 0.15) is 6.42 Å². The Morgan fingerprint density at radius 1 is 1.78 bits per heavy atom. The first kappa shape index (κ1) is 7.20. The van der Waals surface area contributed by atoms with Gasteiger partial charge in [0, 0.05) is 13.1 Å². The second-order valence-electron chi connectivity index (χ2n) is 2.28. The molecular weight excluding hydrogens is 133 g/mol. The third-order valence-corrected chi connectivity index (χ3v) is 1.90. The molecule has 1 rings (SSSR count). The molecule has 1 aliphatic heterocycles. The maximum absolute atomic E-state index is 8.70. The molecule has 2 nitrogen and oxygen atoms in total. The van der Waals surface area contributed by atoms with Gasteiger partial charge in [-0.1, -0.05) is 15.5 Å². The van der Waals surface area contributed by atoms with Gasteiger partial charge in [0.1, 0.15) is 0 Å². The van der Waals surface area contributed by atoms with Crippen molar-refractivity contribution >= 4 is 9.39 Å². The Morgan fingerprint density at radius 2 is 2.56 bits per heavy atom. The van der Waals surface area contributed by atoms with E-state index in [9.17, 15) is 0 Å². The molecule has 9 heavy (non-hydrogen) atoms. The minimum atomic E-state index is 0.213. The summed E-state index contributed by atoms with van der Waals surface area (Å²) in [5, 5.41) is 8.70. The van der Waals surface area contributed by atoms with Crippen LogP contribution in [0.5, 0.6) is 0 Å². The highest BCUT2D eigenvalue weighted by atomic mass is 31.0. The van der Waals surface area contributed by atoms with E-state index in [-0.39, 0.29) is 6.61 Å². The lowest BCUT2D eigenvalue weighted by molar-refractivity contribution is 0.314. The summed E-state index contributed by atoms with van der Waals surface area (Å²) in [5.41, 5.74) is 1.14. The molecule has 1 N–H and O–H groups in total. The summed E-state index contributed by atoms with van der Waals surface area (Å²) in [5.74, 6) is 0. The Balaban J connectivity index is 2.43. The van der Waals surface area contributed by atoms with Crippen LogP contribution in [0.25, 0.3) is 0 Å². The molecule has 1 atom stereocenters. The SMILES string of the molecule is OCC1=CCCN(P)C1. The lowest BCUT2D eigenvalue weighted by atomic mass is 10.2. The van der Waals surface area contributed by atoms with E-state index in [1.807, 2.05) is 0 Å². The molecule has 0 aromatic heterocycles. The van der Waals surface area contributed by atoms with Gasteiger partial charge < -0.3 is 5.11 Å². The fourth-order valence-electron chi connectivity index (χ4n) is 0.954. The molecule has 0 aromatic rings. The summed E-state index contributed by atoms with van der Waals surface area (Å²) >= 11 is 0. The largest absolute Gasteiger partial charge is 0.392 e. The third-order valence-electron chi connectivity index (χ3n) is 1.46. The zero-order chi connectivity index (χ0) is 6.69. The van der Waals surface area contributed by atoms with E-state index >= 15 is 0 Å².